The van der Waals surface area contributed by atoms with E-state index in [-0.39, 0.29) is 16.9 Å². The largest absolute Gasteiger partial charge is 0.435 e. The van der Waals surface area contributed by atoms with Gasteiger partial charge in [0.25, 0.3) is 0 Å². The van der Waals surface area contributed by atoms with E-state index in [0.717, 1.165) is 16.8 Å². The lowest BCUT2D eigenvalue weighted by molar-refractivity contribution is -0.141. The summed E-state index contributed by atoms with van der Waals surface area (Å²) in [5.74, 6) is -0.782. The van der Waals surface area contributed by atoms with Gasteiger partial charge < -0.3 is 0 Å². The van der Waals surface area contributed by atoms with Gasteiger partial charge in [0.2, 0.25) is 10.0 Å². The van der Waals surface area contributed by atoms with E-state index in [1.165, 1.54) is 36.4 Å². The second kappa shape index (κ2) is 6.22. The van der Waals surface area contributed by atoms with Gasteiger partial charge in [0, 0.05) is 5.56 Å². The lowest BCUT2D eigenvalue weighted by Crippen LogP contribution is -2.16. The van der Waals surface area contributed by atoms with Crippen molar-refractivity contribution >= 4 is 10.0 Å². The normalized spacial score (nSPS) is 12.3. The SMILES string of the molecule is NS(=O)(=O)c1ccccc1-n1nc(C(F)(F)F)cc1-c1ccccc1F. The first kappa shape index (κ1) is 18.1. The van der Waals surface area contributed by atoms with E-state index in [1.54, 1.807) is 0 Å². The Hall–Kier alpha value is -2.72. The number of sulfonamides is 1. The van der Waals surface area contributed by atoms with E-state index in [1.807, 2.05) is 0 Å². The third-order valence-electron chi connectivity index (χ3n) is 3.55. The first-order valence-corrected chi connectivity index (χ1v) is 8.68. The molecule has 0 radical (unpaired) electrons. The summed E-state index contributed by atoms with van der Waals surface area (Å²) in [5, 5.41) is 8.59. The van der Waals surface area contributed by atoms with Crippen LogP contribution in [0.25, 0.3) is 16.9 Å². The Morgan fingerprint density at radius 2 is 1.62 bits per heavy atom. The van der Waals surface area contributed by atoms with Gasteiger partial charge in [-0.3, -0.25) is 0 Å². The zero-order valence-corrected chi connectivity index (χ0v) is 13.7. The van der Waals surface area contributed by atoms with Crippen molar-refractivity contribution in [3.63, 3.8) is 0 Å². The number of para-hydroxylation sites is 1. The molecule has 0 fully saturated rings. The van der Waals surface area contributed by atoms with Crippen molar-refractivity contribution in [1.29, 1.82) is 0 Å². The van der Waals surface area contributed by atoms with Crippen LogP contribution in [0.4, 0.5) is 17.6 Å². The van der Waals surface area contributed by atoms with E-state index in [9.17, 15) is 26.0 Å². The van der Waals surface area contributed by atoms with Crippen molar-refractivity contribution in [3.8, 4) is 16.9 Å². The van der Waals surface area contributed by atoms with Crippen LogP contribution in [0.1, 0.15) is 5.69 Å². The zero-order chi connectivity index (χ0) is 19.1. The standard InChI is InChI=1S/C16H11F4N3O2S/c17-11-6-2-1-5-10(11)13-9-15(16(18,19)20)22-23(13)12-7-3-4-8-14(12)26(21,24)25/h1-9H,(H2,21,24,25). The van der Waals surface area contributed by atoms with Crippen molar-refractivity contribution in [2.75, 3.05) is 0 Å². The Morgan fingerprint density at radius 1 is 1.00 bits per heavy atom. The van der Waals surface area contributed by atoms with Crippen LogP contribution in [0.5, 0.6) is 0 Å². The summed E-state index contributed by atoms with van der Waals surface area (Å²) in [4.78, 5) is -0.436. The summed E-state index contributed by atoms with van der Waals surface area (Å²) in [7, 11) is -4.25. The maximum absolute atomic E-state index is 14.1. The van der Waals surface area contributed by atoms with Crippen LogP contribution in [0.3, 0.4) is 0 Å². The molecule has 26 heavy (non-hydrogen) atoms. The third-order valence-corrected chi connectivity index (χ3v) is 4.51. The first-order chi connectivity index (χ1) is 12.1. The van der Waals surface area contributed by atoms with Crippen molar-refractivity contribution in [1.82, 2.24) is 9.78 Å². The Labute approximate surface area is 145 Å². The minimum atomic E-state index is -4.80. The molecule has 0 saturated heterocycles. The van der Waals surface area contributed by atoms with Gasteiger partial charge >= 0.3 is 6.18 Å². The number of nitrogens with zero attached hydrogens (tertiary/aromatic N) is 2. The van der Waals surface area contributed by atoms with Gasteiger partial charge in [0.05, 0.1) is 11.4 Å². The second-order valence-electron chi connectivity index (χ2n) is 5.32. The maximum atomic E-state index is 14.1. The quantitative estimate of drug-likeness (QED) is 0.703. The van der Waals surface area contributed by atoms with E-state index in [2.05, 4.69) is 5.10 Å². The number of nitrogens with two attached hydrogens (primary N) is 1. The molecule has 0 amide bonds. The van der Waals surface area contributed by atoms with Gasteiger partial charge in [-0.25, -0.2) is 22.6 Å². The number of benzene rings is 2. The highest BCUT2D eigenvalue weighted by atomic mass is 32.2. The molecule has 2 N–H and O–H groups in total. The fourth-order valence-corrected chi connectivity index (χ4v) is 3.15. The Balaban J connectivity index is 2.36. The van der Waals surface area contributed by atoms with Crippen molar-refractivity contribution in [2.45, 2.75) is 11.1 Å². The van der Waals surface area contributed by atoms with Crippen LogP contribution in [0, 0.1) is 5.82 Å². The number of rotatable bonds is 3. The molecule has 0 aliphatic heterocycles. The molecule has 136 valence electrons. The molecule has 0 spiro atoms. The fourth-order valence-electron chi connectivity index (χ4n) is 2.44. The van der Waals surface area contributed by atoms with Gasteiger partial charge in [-0.15, -0.1) is 0 Å². The maximum Gasteiger partial charge on any atom is 0.435 e. The lowest BCUT2D eigenvalue weighted by atomic mass is 10.1. The predicted molar refractivity (Wildman–Crippen MR) is 85.3 cm³/mol. The minimum Gasteiger partial charge on any atom is -0.231 e. The van der Waals surface area contributed by atoms with Crippen molar-refractivity contribution < 1.29 is 26.0 Å². The van der Waals surface area contributed by atoms with Gasteiger partial charge in [0.15, 0.2) is 5.69 Å². The van der Waals surface area contributed by atoms with E-state index in [0.29, 0.717) is 6.07 Å². The molecule has 10 heteroatoms. The number of aromatic nitrogens is 2. The Bertz CT molecular complexity index is 1080. The van der Waals surface area contributed by atoms with Crippen LogP contribution >= 0.6 is 0 Å². The van der Waals surface area contributed by atoms with Gasteiger partial charge in [-0.1, -0.05) is 24.3 Å². The lowest BCUT2D eigenvalue weighted by Gasteiger charge is -2.12. The molecule has 1 heterocycles. The third kappa shape index (κ3) is 3.33. The van der Waals surface area contributed by atoms with Gasteiger partial charge in [-0.2, -0.15) is 18.3 Å². The number of hydrogen-bond acceptors (Lipinski definition) is 3. The van der Waals surface area contributed by atoms with Crippen LogP contribution in [-0.2, 0) is 16.2 Å². The van der Waals surface area contributed by atoms with Crippen LogP contribution in [0.15, 0.2) is 59.5 Å². The van der Waals surface area contributed by atoms with Crippen LogP contribution in [0.2, 0.25) is 0 Å². The summed E-state index contributed by atoms with van der Waals surface area (Å²) in [6.07, 6.45) is -4.80. The molecule has 1 aromatic heterocycles. The molecule has 0 unspecified atom stereocenters. The molecule has 0 aliphatic rings. The highest BCUT2D eigenvalue weighted by Crippen LogP contribution is 2.35. The number of alkyl halides is 3. The molecule has 3 aromatic rings. The zero-order valence-electron chi connectivity index (χ0n) is 12.9. The summed E-state index contributed by atoms with van der Waals surface area (Å²) in [6.45, 7) is 0. The summed E-state index contributed by atoms with van der Waals surface area (Å²) < 4.78 is 77.8. The number of halogens is 4. The minimum absolute atomic E-state index is 0.167. The molecule has 0 bridgehead atoms. The molecular weight excluding hydrogens is 374 g/mol. The van der Waals surface area contributed by atoms with E-state index in [4.69, 9.17) is 5.14 Å². The molecular formula is C16H11F4N3O2S. The number of primary sulfonamides is 1. The molecule has 0 aliphatic carbocycles. The molecule has 5 nitrogen and oxygen atoms in total. The highest BCUT2D eigenvalue weighted by Gasteiger charge is 2.36. The molecule has 0 atom stereocenters. The Kier molecular flexibility index (Phi) is 4.32. The fraction of sp³-hybridized carbons (Fsp3) is 0.0625. The van der Waals surface area contributed by atoms with E-state index < -0.39 is 32.6 Å². The summed E-state index contributed by atoms with van der Waals surface area (Å²) in [6, 6.07) is 10.9. The van der Waals surface area contributed by atoms with Gasteiger partial charge in [-0.05, 0) is 30.3 Å². The van der Waals surface area contributed by atoms with Crippen molar-refractivity contribution in [2.24, 2.45) is 5.14 Å². The van der Waals surface area contributed by atoms with E-state index >= 15 is 0 Å². The first-order valence-electron chi connectivity index (χ1n) is 7.13. The van der Waals surface area contributed by atoms with Gasteiger partial charge in [0.1, 0.15) is 10.7 Å². The summed E-state index contributed by atoms with van der Waals surface area (Å²) in [5.41, 5.74) is -1.94. The molecule has 3 rings (SSSR count). The van der Waals surface area contributed by atoms with Crippen LogP contribution in [-0.4, -0.2) is 18.2 Å². The smallest absolute Gasteiger partial charge is 0.231 e. The topological polar surface area (TPSA) is 78.0 Å². The highest BCUT2D eigenvalue weighted by molar-refractivity contribution is 7.89. The summed E-state index contributed by atoms with van der Waals surface area (Å²) >= 11 is 0. The monoisotopic (exact) mass is 385 g/mol. The Morgan fingerprint density at radius 3 is 2.23 bits per heavy atom. The molecule has 2 aromatic carbocycles. The predicted octanol–water partition coefficient (Wildman–Crippen LogP) is 3.34. The van der Waals surface area contributed by atoms with Crippen LogP contribution < -0.4 is 5.14 Å². The van der Waals surface area contributed by atoms with Crippen molar-refractivity contribution in [3.05, 3.63) is 66.1 Å². The molecule has 0 saturated carbocycles. The number of hydrogen-bond donors (Lipinski definition) is 1. The average molecular weight is 385 g/mol. The second-order valence-corrected chi connectivity index (χ2v) is 6.85. The average Bonchev–Trinajstić information content (AvgIpc) is 2.99.